The molecule has 6 heteroatoms. The summed E-state index contributed by atoms with van der Waals surface area (Å²) in [4.78, 5) is 0. The van der Waals surface area contributed by atoms with E-state index in [-0.39, 0.29) is 17.1 Å². The zero-order chi connectivity index (χ0) is 11.5. The molecular formula is C9H19NO3S2. The van der Waals surface area contributed by atoms with Crippen LogP contribution in [0.25, 0.3) is 0 Å². The number of thioether (sulfide) groups is 1. The maximum absolute atomic E-state index is 11.8. The van der Waals surface area contributed by atoms with Crippen LogP contribution in [0, 0.1) is 0 Å². The maximum Gasteiger partial charge on any atom is 0.214 e. The molecule has 0 bridgehead atoms. The monoisotopic (exact) mass is 253 g/mol. The summed E-state index contributed by atoms with van der Waals surface area (Å²) in [6.45, 7) is 5.23. The van der Waals surface area contributed by atoms with Gasteiger partial charge in [0.15, 0.2) is 0 Å². The molecule has 0 spiro atoms. The molecule has 1 aliphatic rings. The highest BCUT2D eigenvalue weighted by Gasteiger charge is 2.33. The Morgan fingerprint density at radius 2 is 2.13 bits per heavy atom. The van der Waals surface area contributed by atoms with Crippen LogP contribution in [0.1, 0.15) is 20.3 Å². The van der Waals surface area contributed by atoms with Crippen LogP contribution in [0.5, 0.6) is 0 Å². The average Bonchev–Trinajstić information content (AvgIpc) is 2.13. The largest absolute Gasteiger partial charge is 0.396 e. The Kier molecular flexibility index (Phi) is 4.46. The van der Waals surface area contributed by atoms with Crippen molar-refractivity contribution >= 4 is 21.8 Å². The number of aliphatic hydroxyl groups excluding tert-OH is 1. The molecule has 1 heterocycles. The number of hydrogen-bond donors (Lipinski definition) is 1. The van der Waals surface area contributed by atoms with Gasteiger partial charge in [-0.05, 0) is 20.3 Å². The maximum atomic E-state index is 11.8. The summed E-state index contributed by atoms with van der Waals surface area (Å²) in [6, 6.07) is 0. The van der Waals surface area contributed by atoms with Crippen molar-refractivity contribution in [3.05, 3.63) is 0 Å². The second kappa shape index (κ2) is 5.03. The lowest BCUT2D eigenvalue weighted by Crippen LogP contribution is -2.46. The summed E-state index contributed by atoms with van der Waals surface area (Å²) < 4.78 is 25.2. The molecule has 1 N–H and O–H groups in total. The van der Waals surface area contributed by atoms with E-state index in [0.29, 0.717) is 19.5 Å². The highest BCUT2D eigenvalue weighted by molar-refractivity contribution is 8.00. The minimum absolute atomic E-state index is 0.00450. The van der Waals surface area contributed by atoms with Crippen LogP contribution in [-0.2, 0) is 10.0 Å². The van der Waals surface area contributed by atoms with Gasteiger partial charge in [0, 0.05) is 30.2 Å². The van der Waals surface area contributed by atoms with Crippen molar-refractivity contribution in [1.29, 1.82) is 0 Å². The molecule has 0 amide bonds. The molecule has 1 fully saturated rings. The fourth-order valence-corrected chi connectivity index (χ4v) is 4.54. The third-order valence-corrected chi connectivity index (χ3v) is 5.54. The number of sulfonamides is 1. The number of nitrogens with zero attached hydrogens (tertiary/aromatic N) is 1. The Labute approximate surface area is 96.1 Å². The molecule has 1 rings (SSSR count). The first kappa shape index (κ1) is 13.3. The summed E-state index contributed by atoms with van der Waals surface area (Å²) in [6.07, 6.45) is 0.326. The van der Waals surface area contributed by atoms with Crippen LogP contribution in [0.3, 0.4) is 0 Å². The lowest BCUT2D eigenvalue weighted by atomic mass is 10.2. The molecule has 1 aliphatic heterocycles. The van der Waals surface area contributed by atoms with Gasteiger partial charge in [-0.15, -0.1) is 0 Å². The molecule has 0 aliphatic carbocycles. The third-order valence-electron chi connectivity index (χ3n) is 2.34. The summed E-state index contributed by atoms with van der Waals surface area (Å²) in [5.74, 6) is 0.912. The number of hydrogen-bond acceptors (Lipinski definition) is 4. The fourth-order valence-electron chi connectivity index (χ4n) is 1.59. The predicted octanol–water partition coefficient (Wildman–Crippen LogP) is 0.526. The van der Waals surface area contributed by atoms with E-state index >= 15 is 0 Å². The normalized spacial score (nSPS) is 22.9. The van der Waals surface area contributed by atoms with Crippen molar-refractivity contribution in [3.8, 4) is 0 Å². The Balaban J connectivity index is 2.63. The molecule has 0 aromatic heterocycles. The molecule has 4 nitrogen and oxygen atoms in total. The molecule has 90 valence electrons. The van der Waals surface area contributed by atoms with E-state index in [1.165, 1.54) is 0 Å². The molecule has 1 saturated heterocycles. The number of rotatable bonds is 4. The first-order valence-corrected chi connectivity index (χ1v) is 7.69. The summed E-state index contributed by atoms with van der Waals surface area (Å²) in [5, 5.41) is 8.64. The van der Waals surface area contributed by atoms with E-state index in [1.54, 1.807) is 4.31 Å². The van der Waals surface area contributed by atoms with Crippen LogP contribution in [0.2, 0.25) is 0 Å². The highest BCUT2D eigenvalue weighted by atomic mass is 32.2. The summed E-state index contributed by atoms with van der Waals surface area (Å²) in [5.41, 5.74) is 0. The van der Waals surface area contributed by atoms with E-state index in [1.807, 2.05) is 11.8 Å². The van der Waals surface area contributed by atoms with E-state index in [9.17, 15) is 8.42 Å². The number of aliphatic hydroxyl groups is 1. The van der Waals surface area contributed by atoms with E-state index in [0.717, 1.165) is 5.75 Å². The van der Waals surface area contributed by atoms with Crippen LogP contribution in [0.4, 0.5) is 0 Å². The van der Waals surface area contributed by atoms with Gasteiger partial charge >= 0.3 is 0 Å². The molecule has 0 aromatic rings. The third kappa shape index (κ3) is 3.94. The smallest absolute Gasteiger partial charge is 0.214 e. The van der Waals surface area contributed by atoms with Crippen molar-refractivity contribution in [2.24, 2.45) is 0 Å². The van der Waals surface area contributed by atoms with Crippen molar-refractivity contribution in [1.82, 2.24) is 4.31 Å². The van der Waals surface area contributed by atoms with Gasteiger partial charge in [-0.2, -0.15) is 16.1 Å². The molecule has 15 heavy (non-hydrogen) atoms. The Bertz CT molecular complexity index is 300. The zero-order valence-electron chi connectivity index (χ0n) is 9.27. The van der Waals surface area contributed by atoms with Crippen molar-refractivity contribution in [3.63, 3.8) is 0 Å². The molecule has 0 aromatic carbocycles. The van der Waals surface area contributed by atoms with Crippen molar-refractivity contribution in [2.75, 3.05) is 31.2 Å². The second-order valence-corrected chi connectivity index (χ2v) is 8.23. The zero-order valence-corrected chi connectivity index (χ0v) is 10.9. The van der Waals surface area contributed by atoms with Gasteiger partial charge < -0.3 is 5.11 Å². The van der Waals surface area contributed by atoms with Gasteiger partial charge in [-0.25, -0.2) is 8.42 Å². The van der Waals surface area contributed by atoms with Crippen LogP contribution >= 0.6 is 11.8 Å². The lowest BCUT2D eigenvalue weighted by Gasteiger charge is -2.36. The van der Waals surface area contributed by atoms with Crippen molar-refractivity contribution in [2.45, 2.75) is 25.0 Å². The molecule has 0 atom stereocenters. The van der Waals surface area contributed by atoms with Crippen LogP contribution < -0.4 is 0 Å². The Morgan fingerprint density at radius 3 is 2.67 bits per heavy atom. The highest BCUT2D eigenvalue weighted by Crippen LogP contribution is 2.30. The summed E-state index contributed by atoms with van der Waals surface area (Å²) >= 11 is 1.81. The SMILES string of the molecule is CC1(C)CN(S(=O)(=O)CCCO)CCS1. The van der Waals surface area contributed by atoms with Gasteiger partial charge in [0.1, 0.15) is 0 Å². The average molecular weight is 253 g/mol. The molecule has 0 saturated carbocycles. The lowest BCUT2D eigenvalue weighted by molar-refractivity contribution is 0.293. The fraction of sp³-hybridized carbons (Fsp3) is 1.00. The molecule has 0 radical (unpaired) electrons. The molecular weight excluding hydrogens is 234 g/mol. The van der Waals surface area contributed by atoms with Gasteiger partial charge in [-0.3, -0.25) is 0 Å². The summed E-state index contributed by atoms with van der Waals surface area (Å²) in [7, 11) is -3.16. The standard InChI is InChI=1S/C9H19NO3S2/c1-9(2)8-10(4-6-14-9)15(12,13)7-3-5-11/h11H,3-8H2,1-2H3. The molecule has 0 unspecified atom stereocenters. The minimum atomic E-state index is -3.16. The van der Waals surface area contributed by atoms with Crippen LogP contribution in [-0.4, -0.2) is 53.8 Å². The second-order valence-electron chi connectivity index (χ2n) is 4.33. The predicted molar refractivity (Wildman–Crippen MR) is 63.6 cm³/mol. The van der Waals surface area contributed by atoms with Crippen molar-refractivity contribution < 1.29 is 13.5 Å². The van der Waals surface area contributed by atoms with Gasteiger partial charge in [0.05, 0.1) is 5.75 Å². The van der Waals surface area contributed by atoms with Crippen LogP contribution in [0.15, 0.2) is 0 Å². The Hall–Kier alpha value is 0.220. The van der Waals surface area contributed by atoms with E-state index in [4.69, 9.17) is 5.11 Å². The van der Waals surface area contributed by atoms with E-state index < -0.39 is 10.0 Å². The topological polar surface area (TPSA) is 57.6 Å². The van der Waals surface area contributed by atoms with Gasteiger partial charge in [0.2, 0.25) is 10.0 Å². The first-order chi connectivity index (χ1) is 6.87. The first-order valence-electron chi connectivity index (χ1n) is 5.10. The van der Waals surface area contributed by atoms with E-state index in [2.05, 4.69) is 13.8 Å². The Morgan fingerprint density at radius 1 is 1.47 bits per heavy atom. The van der Waals surface area contributed by atoms with Gasteiger partial charge in [0.25, 0.3) is 0 Å². The van der Waals surface area contributed by atoms with Gasteiger partial charge in [-0.1, -0.05) is 0 Å². The quantitative estimate of drug-likeness (QED) is 0.794. The minimum Gasteiger partial charge on any atom is -0.396 e.